The zero-order chi connectivity index (χ0) is 13.6. The Labute approximate surface area is 106 Å². The van der Waals surface area contributed by atoms with Crippen molar-refractivity contribution in [2.45, 2.75) is 38.4 Å². The van der Waals surface area contributed by atoms with Crippen LogP contribution in [0, 0.1) is 0 Å². The van der Waals surface area contributed by atoms with Gasteiger partial charge >= 0.3 is 6.18 Å². The summed E-state index contributed by atoms with van der Waals surface area (Å²) in [6, 6.07) is 0. The topological polar surface area (TPSA) is 50.7 Å². The zero-order valence-electron chi connectivity index (χ0n) is 10.0. The molecule has 2 aromatic heterocycles. The summed E-state index contributed by atoms with van der Waals surface area (Å²) in [5.74, 6) is 0. The van der Waals surface area contributed by atoms with E-state index in [0.717, 1.165) is 29.5 Å². The molecular weight excluding hydrogens is 259 g/mol. The molecule has 19 heavy (non-hydrogen) atoms. The summed E-state index contributed by atoms with van der Waals surface area (Å²) in [6.45, 7) is -1.19. The van der Waals surface area contributed by atoms with Crippen LogP contribution in [-0.4, -0.2) is 20.9 Å². The standard InChI is InChI=1S/C12H12F3N3O/c13-12(14,15)6-18-10-9(5-16-18)7-3-1-2-4-8(7)11(19)17-10/h5H,1-4,6H2,(H,17,19). The van der Waals surface area contributed by atoms with Crippen molar-refractivity contribution in [1.82, 2.24) is 14.8 Å². The molecule has 0 aliphatic heterocycles. The number of aromatic nitrogens is 3. The average molecular weight is 271 g/mol. The second kappa shape index (κ2) is 4.11. The van der Waals surface area contributed by atoms with Crippen LogP contribution in [-0.2, 0) is 19.4 Å². The number of pyridine rings is 1. The highest BCUT2D eigenvalue weighted by Crippen LogP contribution is 2.26. The van der Waals surface area contributed by atoms with E-state index < -0.39 is 12.7 Å². The SMILES string of the molecule is O=c1[nH]c2c(cnn2CC(F)(F)F)c2c1CCCC2. The van der Waals surface area contributed by atoms with E-state index in [-0.39, 0.29) is 11.2 Å². The number of aryl methyl sites for hydroxylation is 1. The van der Waals surface area contributed by atoms with Crippen LogP contribution < -0.4 is 5.56 Å². The van der Waals surface area contributed by atoms with Crippen molar-refractivity contribution < 1.29 is 13.2 Å². The van der Waals surface area contributed by atoms with Crippen LogP contribution in [0.25, 0.3) is 11.0 Å². The van der Waals surface area contributed by atoms with Crippen LogP contribution in [0.5, 0.6) is 0 Å². The molecule has 1 aliphatic rings. The van der Waals surface area contributed by atoms with Gasteiger partial charge in [0, 0.05) is 10.9 Å². The minimum Gasteiger partial charge on any atom is -0.307 e. The van der Waals surface area contributed by atoms with Gasteiger partial charge in [-0.05, 0) is 31.2 Å². The van der Waals surface area contributed by atoms with Gasteiger partial charge in [-0.1, -0.05) is 0 Å². The van der Waals surface area contributed by atoms with Gasteiger partial charge in [0.1, 0.15) is 12.2 Å². The number of nitrogens with zero attached hydrogens (tertiary/aromatic N) is 2. The highest BCUT2D eigenvalue weighted by Gasteiger charge is 2.30. The minimum atomic E-state index is -4.36. The predicted molar refractivity (Wildman–Crippen MR) is 63.1 cm³/mol. The third kappa shape index (κ3) is 2.13. The number of aromatic amines is 1. The second-order valence-corrected chi connectivity index (χ2v) is 4.80. The second-order valence-electron chi connectivity index (χ2n) is 4.80. The van der Waals surface area contributed by atoms with Gasteiger partial charge in [-0.2, -0.15) is 18.3 Å². The Balaban J connectivity index is 2.19. The molecule has 0 atom stereocenters. The quantitative estimate of drug-likeness (QED) is 0.864. The Morgan fingerprint density at radius 2 is 1.95 bits per heavy atom. The monoisotopic (exact) mass is 271 g/mol. The van der Waals surface area contributed by atoms with E-state index in [1.54, 1.807) is 0 Å². The maximum absolute atomic E-state index is 12.4. The Kier molecular flexibility index (Phi) is 2.65. The van der Waals surface area contributed by atoms with Gasteiger partial charge < -0.3 is 4.98 Å². The Bertz CT molecular complexity index is 684. The third-order valence-electron chi connectivity index (χ3n) is 3.47. The van der Waals surface area contributed by atoms with Gasteiger partial charge in [-0.25, -0.2) is 4.68 Å². The summed E-state index contributed by atoms with van der Waals surface area (Å²) in [4.78, 5) is 14.4. The first-order chi connectivity index (χ1) is 8.96. The van der Waals surface area contributed by atoms with Crippen molar-refractivity contribution in [2.75, 3.05) is 0 Å². The molecule has 7 heteroatoms. The van der Waals surface area contributed by atoms with Crippen LogP contribution in [0.15, 0.2) is 11.0 Å². The number of hydrogen-bond acceptors (Lipinski definition) is 2. The van der Waals surface area contributed by atoms with Gasteiger partial charge in [0.2, 0.25) is 0 Å². The molecule has 0 bridgehead atoms. The molecule has 0 radical (unpaired) electrons. The van der Waals surface area contributed by atoms with Gasteiger partial charge in [0.25, 0.3) is 5.56 Å². The highest BCUT2D eigenvalue weighted by molar-refractivity contribution is 5.80. The smallest absolute Gasteiger partial charge is 0.307 e. The van der Waals surface area contributed by atoms with Crippen LogP contribution >= 0.6 is 0 Å². The van der Waals surface area contributed by atoms with Crippen LogP contribution in [0.4, 0.5) is 13.2 Å². The zero-order valence-corrected chi connectivity index (χ0v) is 10.0. The number of halogens is 3. The van der Waals surface area contributed by atoms with Crippen molar-refractivity contribution in [3.05, 3.63) is 27.7 Å². The molecule has 0 saturated heterocycles. The molecule has 0 aromatic carbocycles. The molecule has 102 valence electrons. The maximum Gasteiger partial charge on any atom is 0.408 e. The fraction of sp³-hybridized carbons (Fsp3) is 0.500. The molecule has 0 unspecified atom stereocenters. The number of alkyl halides is 3. The lowest BCUT2D eigenvalue weighted by molar-refractivity contribution is -0.141. The Morgan fingerprint density at radius 3 is 2.63 bits per heavy atom. The first-order valence-corrected chi connectivity index (χ1v) is 6.12. The lowest BCUT2D eigenvalue weighted by Gasteiger charge is -2.15. The van der Waals surface area contributed by atoms with Crippen molar-refractivity contribution in [2.24, 2.45) is 0 Å². The molecule has 4 nitrogen and oxygen atoms in total. The van der Waals surface area contributed by atoms with Gasteiger partial charge in [-0.3, -0.25) is 4.79 Å². The average Bonchev–Trinajstić information content (AvgIpc) is 2.71. The van der Waals surface area contributed by atoms with Gasteiger partial charge in [0.15, 0.2) is 0 Å². The summed E-state index contributed by atoms with van der Waals surface area (Å²) < 4.78 is 38.1. The van der Waals surface area contributed by atoms with Crippen LogP contribution in [0.3, 0.4) is 0 Å². The summed E-state index contributed by atoms with van der Waals surface area (Å²) >= 11 is 0. The van der Waals surface area contributed by atoms with E-state index in [4.69, 9.17) is 0 Å². The molecule has 2 heterocycles. The fourth-order valence-corrected chi connectivity index (χ4v) is 2.66. The summed E-state index contributed by atoms with van der Waals surface area (Å²) in [6.07, 6.45) is 0.375. The van der Waals surface area contributed by atoms with E-state index in [2.05, 4.69) is 10.1 Å². The fourth-order valence-electron chi connectivity index (χ4n) is 2.66. The minimum absolute atomic E-state index is 0.169. The van der Waals surface area contributed by atoms with Gasteiger partial charge in [-0.15, -0.1) is 0 Å². The summed E-state index contributed by atoms with van der Waals surface area (Å²) in [5, 5.41) is 4.39. The Morgan fingerprint density at radius 1 is 1.26 bits per heavy atom. The van der Waals surface area contributed by atoms with Crippen LogP contribution in [0.2, 0.25) is 0 Å². The van der Waals surface area contributed by atoms with E-state index in [0.29, 0.717) is 17.4 Å². The summed E-state index contributed by atoms with van der Waals surface area (Å²) in [7, 11) is 0. The van der Waals surface area contributed by atoms with E-state index in [9.17, 15) is 18.0 Å². The molecule has 0 fully saturated rings. The largest absolute Gasteiger partial charge is 0.408 e. The summed E-state index contributed by atoms with van der Waals surface area (Å²) in [5.41, 5.74) is 1.44. The third-order valence-corrected chi connectivity index (χ3v) is 3.47. The van der Waals surface area contributed by atoms with Gasteiger partial charge in [0.05, 0.1) is 6.20 Å². The lowest BCUT2D eigenvalue weighted by Crippen LogP contribution is -2.22. The van der Waals surface area contributed by atoms with E-state index >= 15 is 0 Å². The first-order valence-electron chi connectivity index (χ1n) is 6.12. The van der Waals surface area contributed by atoms with Crippen molar-refractivity contribution in [3.63, 3.8) is 0 Å². The predicted octanol–water partition coefficient (Wildman–Crippen LogP) is 2.17. The maximum atomic E-state index is 12.4. The molecule has 0 amide bonds. The van der Waals surface area contributed by atoms with E-state index in [1.807, 2.05) is 0 Å². The van der Waals surface area contributed by atoms with Crippen LogP contribution in [0.1, 0.15) is 24.0 Å². The molecule has 3 rings (SSSR count). The number of H-pyrrole nitrogens is 1. The lowest BCUT2D eigenvalue weighted by atomic mass is 9.91. The molecule has 2 aromatic rings. The number of hydrogen-bond donors (Lipinski definition) is 1. The number of fused-ring (bicyclic) bond motifs is 3. The first kappa shape index (κ1) is 12.3. The molecule has 0 saturated carbocycles. The molecular formula is C12H12F3N3O. The van der Waals surface area contributed by atoms with Crippen molar-refractivity contribution >= 4 is 11.0 Å². The molecule has 0 spiro atoms. The van der Waals surface area contributed by atoms with Crippen molar-refractivity contribution in [1.29, 1.82) is 0 Å². The molecule has 1 N–H and O–H groups in total. The highest BCUT2D eigenvalue weighted by atomic mass is 19.4. The number of nitrogens with one attached hydrogen (secondary N) is 1. The normalized spacial score (nSPS) is 15.7. The van der Waals surface area contributed by atoms with E-state index in [1.165, 1.54) is 6.20 Å². The Hall–Kier alpha value is -1.79. The van der Waals surface area contributed by atoms with Crippen molar-refractivity contribution in [3.8, 4) is 0 Å². The number of rotatable bonds is 1. The molecule has 1 aliphatic carbocycles.